The summed E-state index contributed by atoms with van der Waals surface area (Å²) in [4.78, 5) is 13.7. The molecule has 0 saturated carbocycles. The second-order valence-corrected chi connectivity index (χ2v) is 11.9. The fourth-order valence-electron chi connectivity index (χ4n) is 3.98. The molecule has 340 valence electrons. The molecule has 16 nitrogen and oxygen atoms in total. The highest BCUT2D eigenvalue weighted by atomic mass is 19.2. The number of hydrogen-bond donors (Lipinski definition) is 0. The zero-order chi connectivity index (χ0) is 42.3. The third-order valence-corrected chi connectivity index (χ3v) is 6.98. The van der Waals surface area contributed by atoms with E-state index in [-0.39, 0.29) is 26.4 Å². The van der Waals surface area contributed by atoms with Crippen molar-refractivity contribution in [1.29, 1.82) is 0 Å². The van der Waals surface area contributed by atoms with E-state index in [4.69, 9.17) is 61.6 Å². The van der Waals surface area contributed by atoms with Crippen molar-refractivity contribution in [1.82, 2.24) is 4.90 Å². The Hall–Kier alpha value is -2.22. The van der Waals surface area contributed by atoms with Gasteiger partial charge in [0.2, 0.25) is 34.8 Å². The first-order chi connectivity index (χ1) is 28.3. The van der Waals surface area contributed by atoms with Crippen molar-refractivity contribution in [3.05, 3.63) is 29.1 Å². The van der Waals surface area contributed by atoms with Crippen LogP contribution in [0.4, 0.5) is 22.0 Å². The number of esters is 1. The monoisotopic (exact) mass is 855 g/mol. The summed E-state index contributed by atoms with van der Waals surface area (Å²) < 4.78 is 141. The Morgan fingerprint density at radius 3 is 0.793 bits per heavy atom. The molecule has 1 aromatic carbocycles. The first kappa shape index (κ1) is 53.8. The molecule has 0 aliphatic carbocycles. The van der Waals surface area contributed by atoms with E-state index in [1.807, 2.05) is 14.1 Å². The lowest BCUT2D eigenvalue weighted by Gasteiger charge is -2.10. The molecule has 0 bridgehead atoms. The van der Waals surface area contributed by atoms with Crippen LogP contribution in [0.5, 0.6) is 5.75 Å². The highest BCUT2D eigenvalue weighted by Crippen LogP contribution is 2.29. The second-order valence-electron chi connectivity index (χ2n) is 11.9. The summed E-state index contributed by atoms with van der Waals surface area (Å²) in [5, 5.41) is 0. The van der Waals surface area contributed by atoms with E-state index in [9.17, 15) is 26.7 Å². The van der Waals surface area contributed by atoms with Crippen LogP contribution < -0.4 is 4.74 Å². The normalized spacial score (nSPS) is 11.7. The van der Waals surface area contributed by atoms with Crippen molar-refractivity contribution in [2.24, 2.45) is 0 Å². The molecule has 21 heteroatoms. The number of ether oxygens (including phenoxy) is 14. The van der Waals surface area contributed by atoms with Crippen molar-refractivity contribution < 1.29 is 93.1 Å². The minimum atomic E-state index is -2.35. The van der Waals surface area contributed by atoms with Crippen molar-refractivity contribution in [3.63, 3.8) is 0 Å². The van der Waals surface area contributed by atoms with Crippen molar-refractivity contribution in [2.75, 3.05) is 192 Å². The van der Waals surface area contributed by atoms with E-state index >= 15 is 0 Å². The van der Waals surface area contributed by atoms with Gasteiger partial charge in [-0.15, -0.1) is 0 Å². The van der Waals surface area contributed by atoms with E-state index in [1.165, 1.54) is 0 Å². The highest BCUT2D eigenvalue weighted by Gasteiger charge is 2.28. The zero-order valence-corrected chi connectivity index (χ0v) is 33.8. The smallest absolute Gasteiger partial charge is 0.313 e. The third kappa shape index (κ3) is 30.8. The summed E-state index contributed by atoms with van der Waals surface area (Å²) in [6.07, 6.45) is -0.489. The number of rotatable bonds is 43. The standard InChI is InChI=1S/C37H62F5NO15/c1-43(2)4-6-46-8-10-48-12-14-50-16-18-52-20-22-54-24-26-56-28-30-57-29-27-55-25-23-53-21-19-51-17-15-49-13-11-47-9-7-45-5-3-31(44)58-37-35(41)33(39)32(38)34(40)36(37)42/h3-30H2,1-2H3. The lowest BCUT2D eigenvalue weighted by molar-refractivity contribution is -0.136. The Labute approximate surface area is 337 Å². The van der Waals surface area contributed by atoms with Crippen molar-refractivity contribution >= 4 is 5.97 Å². The van der Waals surface area contributed by atoms with Gasteiger partial charge in [-0.25, -0.2) is 13.2 Å². The van der Waals surface area contributed by atoms with Crippen LogP contribution in [0.3, 0.4) is 0 Å². The topological polar surface area (TPSA) is 150 Å². The number of benzene rings is 1. The highest BCUT2D eigenvalue weighted by molar-refractivity contribution is 5.72. The number of likely N-dealkylation sites (N-methyl/N-ethyl adjacent to an activating group) is 1. The van der Waals surface area contributed by atoms with E-state index in [1.54, 1.807) is 0 Å². The van der Waals surface area contributed by atoms with Gasteiger partial charge in [0.05, 0.1) is 178 Å². The molecule has 0 fully saturated rings. The molecular formula is C37H62F5NO15. The van der Waals surface area contributed by atoms with Crippen LogP contribution >= 0.6 is 0 Å². The van der Waals surface area contributed by atoms with Crippen molar-refractivity contribution in [3.8, 4) is 5.75 Å². The molecule has 0 unspecified atom stereocenters. The number of carbonyl (C=O) groups excluding carboxylic acids is 1. The second kappa shape index (κ2) is 38.9. The molecule has 0 spiro atoms. The lowest BCUT2D eigenvalue weighted by atomic mass is 10.2. The maximum Gasteiger partial charge on any atom is 0.313 e. The molecule has 0 N–H and O–H groups in total. The molecule has 1 aromatic rings. The van der Waals surface area contributed by atoms with Crippen LogP contribution in [0, 0.1) is 29.1 Å². The molecule has 0 aromatic heterocycles. The van der Waals surface area contributed by atoms with E-state index in [2.05, 4.69) is 9.64 Å². The molecule has 0 heterocycles. The minimum absolute atomic E-state index is 0.0777. The Bertz CT molecular complexity index is 1100. The fourth-order valence-corrected chi connectivity index (χ4v) is 3.98. The molecule has 0 atom stereocenters. The molecule has 0 amide bonds. The Morgan fingerprint density at radius 2 is 0.552 bits per heavy atom. The Balaban J connectivity index is 1.70. The Morgan fingerprint density at radius 1 is 0.345 bits per heavy atom. The molecule has 0 aliphatic rings. The molecule has 0 aliphatic heterocycles. The van der Waals surface area contributed by atoms with Gasteiger partial charge in [-0.2, -0.15) is 8.78 Å². The van der Waals surface area contributed by atoms with Gasteiger partial charge in [0.15, 0.2) is 0 Å². The summed E-state index contributed by atoms with van der Waals surface area (Å²) in [6.45, 7) is 11.5. The SMILES string of the molecule is CN(C)CCOCCOCCOCCOCCOCCOCCOCCOCCOCCOCCOCCOCCOCCC(=O)Oc1c(F)c(F)c(F)c(F)c1F. The number of hydrogen-bond acceptors (Lipinski definition) is 16. The van der Waals surface area contributed by atoms with E-state index in [0.29, 0.717) is 145 Å². The first-order valence-electron chi connectivity index (χ1n) is 19.1. The van der Waals surface area contributed by atoms with Gasteiger partial charge in [0.1, 0.15) is 0 Å². The first-order valence-corrected chi connectivity index (χ1v) is 19.1. The fraction of sp³-hybridized carbons (Fsp3) is 0.811. The predicted molar refractivity (Wildman–Crippen MR) is 196 cm³/mol. The summed E-state index contributed by atoms with van der Waals surface area (Å²) in [6, 6.07) is 0. The maximum atomic E-state index is 13.6. The summed E-state index contributed by atoms with van der Waals surface area (Å²) >= 11 is 0. The van der Waals surface area contributed by atoms with Crippen molar-refractivity contribution in [2.45, 2.75) is 6.42 Å². The zero-order valence-electron chi connectivity index (χ0n) is 33.8. The van der Waals surface area contributed by atoms with Gasteiger partial charge in [0, 0.05) is 6.54 Å². The van der Waals surface area contributed by atoms with E-state index in [0.717, 1.165) is 6.54 Å². The largest absolute Gasteiger partial charge is 0.420 e. The summed E-state index contributed by atoms with van der Waals surface area (Å²) in [5.41, 5.74) is 0. The van der Waals surface area contributed by atoms with E-state index < -0.39 is 47.2 Å². The molecule has 0 radical (unpaired) electrons. The van der Waals surface area contributed by atoms with Gasteiger partial charge in [-0.1, -0.05) is 0 Å². The summed E-state index contributed by atoms with van der Waals surface area (Å²) in [5.74, 6) is -14.1. The quantitative estimate of drug-likeness (QED) is 0.0236. The van der Waals surface area contributed by atoms with Gasteiger partial charge >= 0.3 is 5.97 Å². The van der Waals surface area contributed by atoms with Gasteiger partial charge in [-0.3, -0.25) is 4.79 Å². The third-order valence-electron chi connectivity index (χ3n) is 6.98. The lowest BCUT2D eigenvalue weighted by Crippen LogP contribution is -2.19. The van der Waals surface area contributed by atoms with Gasteiger partial charge < -0.3 is 71.2 Å². The number of carbonyl (C=O) groups is 1. The number of nitrogens with zero attached hydrogens (tertiary/aromatic N) is 1. The van der Waals surface area contributed by atoms with Crippen LogP contribution in [-0.4, -0.2) is 203 Å². The van der Waals surface area contributed by atoms with Crippen LogP contribution in [0.1, 0.15) is 6.42 Å². The average molecular weight is 856 g/mol. The predicted octanol–water partition coefficient (Wildman–Crippen LogP) is 2.46. The minimum Gasteiger partial charge on any atom is -0.420 e. The van der Waals surface area contributed by atoms with Crippen LogP contribution in [0.2, 0.25) is 0 Å². The average Bonchev–Trinajstić information content (AvgIpc) is 3.21. The number of halogens is 5. The van der Waals surface area contributed by atoms with Gasteiger partial charge in [0.25, 0.3) is 0 Å². The molecule has 58 heavy (non-hydrogen) atoms. The van der Waals surface area contributed by atoms with Gasteiger partial charge in [-0.05, 0) is 14.1 Å². The Kier molecular flexibility index (Phi) is 36.1. The van der Waals surface area contributed by atoms with Crippen LogP contribution in [0.25, 0.3) is 0 Å². The summed E-state index contributed by atoms with van der Waals surface area (Å²) in [7, 11) is 4.01. The molecule has 1 rings (SSSR count). The van der Waals surface area contributed by atoms with Crippen LogP contribution in [0.15, 0.2) is 0 Å². The van der Waals surface area contributed by atoms with Crippen LogP contribution in [-0.2, 0) is 66.4 Å². The molecular weight excluding hydrogens is 793 g/mol. The maximum absolute atomic E-state index is 13.6. The molecule has 0 saturated heterocycles.